The van der Waals surface area contributed by atoms with E-state index in [1.165, 1.54) is 6.08 Å². The number of hydrogen-bond acceptors (Lipinski definition) is 3. The summed E-state index contributed by atoms with van der Waals surface area (Å²) in [6.45, 7) is 2.00. The molecule has 0 aliphatic heterocycles. The Morgan fingerprint density at radius 1 is 0.944 bits per heavy atom. The Kier molecular flexibility index (Phi) is 6.51. The summed E-state index contributed by atoms with van der Waals surface area (Å²) in [5.41, 5.74) is 5.08. The highest BCUT2D eigenvalue weighted by Gasteiger charge is 2.17. The van der Waals surface area contributed by atoms with Crippen molar-refractivity contribution in [2.45, 2.75) is 13.3 Å². The van der Waals surface area contributed by atoms with E-state index in [4.69, 9.17) is 0 Å². The topological polar surface area (TPSA) is 79.0 Å². The van der Waals surface area contributed by atoms with Crippen molar-refractivity contribution in [1.82, 2.24) is 9.71 Å². The molecule has 1 amide bonds. The van der Waals surface area contributed by atoms with Gasteiger partial charge in [-0.25, -0.2) is 13.1 Å². The largest absolute Gasteiger partial charge is 0.358 e. The number of benzene rings is 4. The van der Waals surface area contributed by atoms with Crippen LogP contribution in [0.2, 0.25) is 0 Å². The number of carbonyl (C=O) groups excluding carboxylic acids is 1. The van der Waals surface area contributed by atoms with E-state index in [0.29, 0.717) is 6.42 Å². The van der Waals surface area contributed by atoms with Crippen molar-refractivity contribution >= 4 is 59.6 Å². The fourth-order valence-electron chi connectivity index (χ4n) is 4.31. The molecule has 0 aliphatic carbocycles. The van der Waals surface area contributed by atoms with Gasteiger partial charge in [-0.2, -0.15) is 0 Å². The van der Waals surface area contributed by atoms with Crippen molar-refractivity contribution in [3.8, 4) is 0 Å². The summed E-state index contributed by atoms with van der Waals surface area (Å²) in [5.74, 6) is -0.675. The Balaban J connectivity index is 1.43. The van der Waals surface area contributed by atoms with Gasteiger partial charge in [-0.15, -0.1) is 0 Å². The third-order valence-electron chi connectivity index (χ3n) is 6.17. The number of hydrogen-bond donors (Lipinski definition) is 2. The van der Waals surface area contributed by atoms with Gasteiger partial charge in [0.25, 0.3) is 15.9 Å². The van der Waals surface area contributed by atoms with Gasteiger partial charge in [0.15, 0.2) is 0 Å². The summed E-state index contributed by atoms with van der Waals surface area (Å²) in [6.07, 6.45) is 2.11. The van der Waals surface area contributed by atoms with Gasteiger partial charge in [-0.3, -0.25) is 4.79 Å². The molecular formula is C29H23BrN2O3S. The van der Waals surface area contributed by atoms with E-state index in [2.05, 4.69) is 49.9 Å². The molecule has 0 spiro atoms. The van der Waals surface area contributed by atoms with Crippen molar-refractivity contribution in [1.29, 1.82) is 0 Å². The maximum absolute atomic E-state index is 12.9. The van der Waals surface area contributed by atoms with Crippen LogP contribution in [0.5, 0.6) is 0 Å². The summed E-state index contributed by atoms with van der Waals surface area (Å²) in [4.78, 5) is 16.2. The second-order valence-electron chi connectivity index (χ2n) is 8.62. The quantitative estimate of drug-likeness (QED) is 0.243. The van der Waals surface area contributed by atoms with Crippen LogP contribution in [0.3, 0.4) is 0 Å². The van der Waals surface area contributed by atoms with Crippen LogP contribution in [0.25, 0.3) is 27.8 Å². The fourth-order valence-corrected chi connectivity index (χ4v) is 5.73. The molecule has 2 N–H and O–H groups in total. The van der Waals surface area contributed by atoms with E-state index < -0.39 is 15.9 Å². The predicted octanol–water partition coefficient (Wildman–Crippen LogP) is 6.71. The summed E-state index contributed by atoms with van der Waals surface area (Å²) in [6, 6.07) is 26.6. The van der Waals surface area contributed by atoms with Crippen LogP contribution in [-0.2, 0) is 16.4 Å². The summed E-state index contributed by atoms with van der Waals surface area (Å²) >= 11 is 3.77. The normalized spacial score (nSPS) is 11.9. The van der Waals surface area contributed by atoms with Crippen molar-refractivity contribution in [3.63, 3.8) is 0 Å². The van der Waals surface area contributed by atoms with Crippen molar-refractivity contribution < 1.29 is 13.2 Å². The van der Waals surface area contributed by atoms with E-state index in [1.807, 2.05) is 43.3 Å². The van der Waals surface area contributed by atoms with Crippen LogP contribution >= 0.6 is 15.9 Å². The van der Waals surface area contributed by atoms with Crippen molar-refractivity contribution in [3.05, 3.63) is 123 Å². The number of aromatic amines is 1. The highest BCUT2D eigenvalue weighted by molar-refractivity contribution is 9.10. The Morgan fingerprint density at radius 2 is 1.69 bits per heavy atom. The maximum Gasteiger partial charge on any atom is 0.265 e. The van der Waals surface area contributed by atoms with Gasteiger partial charge in [0, 0.05) is 33.1 Å². The minimum absolute atomic E-state index is 0.275. The van der Waals surface area contributed by atoms with Crippen LogP contribution in [0.15, 0.2) is 94.8 Å². The van der Waals surface area contributed by atoms with Gasteiger partial charge in [-0.1, -0.05) is 66.7 Å². The van der Waals surface area contributed by atoms with Crippen LogP contribution in [0.4, 0.5) is 0 Å². The smallest absolute Gasteiger partial charge is 0.265 e. The molecule has 5 nitrogen and oxygen atoms in total. The molecule has 5 rings (SSSR count). The lowest BCUT2D eigenvalue weighted by Gasteiger charge is -2.09. The molecule has 0 atom stereocenters. The first-order valence-electron chi connectivity index (χ1n) is 11.4. The molecule has 0 bridgehead atoms. The second kappa shape index (κ2) is 9.76. The number of fused-ring (bicyclic) bond motifs is 2. The Hall–Kier alpha value is -3.68. The summed E-state index contributed by atoms with van der Waals surface area (Å²) in [7, 11) is -3.95. The lowest BCUT2D eigenvalue weighted by molar-refractivity contribution is 0.0982. The van der Waals surface area contributed by atoms with Gasteiger partial charge in [-0.05, 0) is 74.6 Å². The van der Waals surface area contributed by atoms with E-state index in [0.717, 1.165) is 53.9 Å². The Labute approximate surface area is 218 Å². The van der Waals surface area contributed by atoms with Crippen LogP contribution in [0.1, 0.15) is 32.7 Å². The fraction of sp³-hybridized carbons (Fsp3) is 0.0690. The predicted molar refractivity (Wildman–Crippen MR) is 149 cm³/mol. The summed E-state index contributed by atoms with van der Waals surface area (Å²) < 4.78 is 28.1. The van der Waals surface area contributed by atoms with Crippen LogP contribution in [0, 0.1) is 6.92 Å². The average molecular weight is 559 g/mol. The molecule has 0 saturated carbocycles. The Morgan fingerprint density at radius 3 is 2.50 bits per heavy atom. The first-order chi connectivity index (χ1) is 17.3. The van der Waals surface area contributed by atoms with Crippen LogP contribution < -0.4 is 4.72 Å². The molecule has 0 aliphatic rings. The first kappa shape index (κ1) is 24.0. The molecule has 0 unspecified atom stereocenters. The van der Waals surface area contributed by atoms with E-state index in [9.17, 15) is 13.2 Å². The minimum atomic E-state index is -3.95. The Bertz CT molecular complexity index is 1740. The number of H-pyrrole nitrogens is 1. The molecule has 0 fully saturated rings. The number of aromatic nitrogens is 1. The number of carbonyl (C=O) groups is 1. The molecule has 180 valence electrons. The zero-order valence-electron chi connectivity index (χ0n) is 19.5. The number of nitrogens with one attached hydrogen (secondary N) is 2. The lowest BCUT2D eigenvalue weighted by atomic mass is 9.98. The van der Waals surface area contributed by atoms with Gasteiger partial charge < -0.3 is 4.98 Å². The highest BCUT2D eigenvalue weighted by Crippen LogP contribution is 2.32. The minimum Gasteiger partial charge on any atom is -0.358 e. The monoisotopic (exact) mass is 558 g/mol. The zero-order valence-corrected chi connectivity index (χ0v) is 21.9. The molecule has 36 heavy (non-hydrogen) atoms. The van der Waals surface area contributed by atoms with Gasteiger partial charge in [0.1, 0.15) is 0 Å². The molecule has 7 heteroatoms. The van der Waals surface area contributed by atoms with E-state index in [1.54, 1.807) is 24.3 Å². The number of aryl methyl sites for hydroxylation is 1. The highest BCUT2D eigenvalue weighted by atomic mass is 79.9. The number of rotatable bonds is 6. The molecule has 0 saturated heterocycles. The molecule has 0 radical (unpaired) electrons. The second-order valence-corrected chi connectivity index (χ2v) is 11.0. The SMILES string of the molecule is Cc1[nH]c2ccc(C(=O)NS(=O)(=O)C=Cc3ccccc3)cc2c1Cc1ccc2ccccc2c1Br. The van der Waals surface area contributed by atoms with Gasteiger partial charge >= 0.3 is 0 Å². The number of halogens is 1. The first-order valence-corrected chi connectivity index (χ1v) is 13.7. The molecular weight excluding hydrogens is 536 g/mol. The number of amides is 1. The third-order valence-corrected chi connectivity index (χ3v) is 8.07. The molecule has 5 aromatic rings. The molecule has 1 heterocycles. The summed E-state index contributed by atoms with van der Waals surface area (Å²) in [5, 5.41) is 4.19. The maximum atomic E-state index is 12.9. The van der Waals surface area contributed by atoms with Crippen LogP contribution in [-0.4, -0.2) is 19.3 Å². The van der Waals surface area contributed by atoms with Gasteiger partial charge in [0.2, 0.25) is 0 Å². The van der Waals surface area contributed by atoms with Crippen molar-refractivity contribution in [2.75, 3.05) is 0 Å². The standard InChI is InChI=1S/C29H23BrN2O3S/c1-19-25(17-22-12-11-21-9-5-6-10-24(21)28(22)30)26-18-23(13-14-27(26)31-19)29(33)32-36(34,35)16-15-20-7-3-2-4-8-20/h2-16,18,31H,17H2,1H3,(H,32,33). The molecule has 1 aromatic heterocycles. The van der Waals surface area contributed by atoms with E-state index >= 15 is 0 Å². The molecule has 4 aromatic carbocycles. The number of sulfonamides is 1. The van der Waals surface area contributed by atoms with Crippen molar-refractivity contribution in [2.24, 2.45) is 0 Å². The third kappa shape index (κ3) is 4.98. The van der Waals surface area contributed by atoms with E-state index in [-0.39, 0.29) is 5.56 Å². The zero-order chi connectivity index (χ0) is 25.3. The lowest BCUT2D eigenvalue weighted by Crippen LogP contribution is -2.28. The van der Waals surface area contributed by atoms with Gasteiger partial charge in [0.05, 0.1) is 5.41 Å². The average Bonchev–Trinajstić information content (AvgIpc) is 3.19.